The number of benzene rings is 1. The molecule has 0 aliphatic heterocycles. The number of ketones is 3. The second-order valence-electron chi connectivity index (χ2n) is 17.0. The first-order valence-electron chi connectivity index (χ1n) is 24.8. The molecule has 0 aliphatic carbocycles. The summed E-state index contributed by atoms with van der Waals surface area (Å²) < 4.78 is 27.2. The lowest BCUT2D eigenvalue weighted by Crippen LogP contribution is -2.41. The fourth-order valence-electron chi connectivity index (χ4n) is 7.18. The number of aliphatic carboxylic acids is 2. The highest BCUT2D eigenvalue weighted by molar-refractivity contribution is 5.88. The molecule has 19 heteroatoms. The van der Waals surface area contributed by atoms with Gasteiger partial charge in [-0.1, -0.05) is 58.3 Å². The standard InChI is InChI=1S/C50H81N3O16/c1-3-15-43(51-2)45(56)27-22-38(48(59)60)16-10-9-11-17-41(55)36-67-34-33-66-31-28-52-47(58)37-68-35-32-65-29-14-18-40(54)23-26-44(50(63)64)53-46(57)19-12-7-5-4-6-8-13-30-69-42-24-20-39(21-25-42)49(61)62/h20-21,24-25,38,43-44,51H,3-19,22-23,26-37H2,1-2H3,(H,52,58)(H,53,57)(H,59,60)(H,61,62)(H,63,64)/t38-,43+,44+/m1/s1. The van der Waals surface area contributed by atoms with Gasteiger partial charge in [-0.25, -0.2) is 9.59 Å². The van der Waals surface area contributed by atoms with Crippen LogP contribution >= 0.6 is 0 Å². The van der Waals surface area contributed by atoms with Crippen LogP contribution in [0.2, 0.25) is 0 Å². The summed E-state index contributed by atoms with van der Waals surface area (Å²) in [7, 11) is 1.74. The van der Waals surface area contributed by atoms with Crippen LogP contribution in [0.4, 0.5) is 0 Å². The fraction of sp³-hybridized carbons (Fsp3) is 0.720. The van der Waals surface area contributed by atoms with Gasteiger partial charge in [0, 0.05) is 45.3 Å². The maximum Gasteiger partial charge on any atom is 0.335 e. The van der Waals surface area contributed by atoms with Crippen LogP contribution in [-0.2, 0) is 52.5 Å². The van der Waals surface area contributed by atoms with E-state index in [0.29, 0.717) is 63.7 Å². The second-order valence-corrected chi connectivity index (χ2v) is 17.0. The molecule has 1 aromatic rings. The minimum absolute atomic E-state index is 0.00506. The zero-order chi connectivity index (χ0) is 50.9. The number of hydrogen-bond acceptors (Lipinski definition) is 14. The first-order chi connectivity index (χ1) is 33.3. The molecule has 0 radical (unpaired) electrons. The molecule has 1 aromatic carbocycles. The Morgan fingerprint density at radius 2 is 1.13 bits per heavy atom. The molecule has 2 amide bonds. The monoisotopic (exact) mass is 980 g/mol. The van der Waals surface area contributed by atoms with Gasteiger partial charge in [0.1, 0.15) is 36.6 Å². The molecule has 0 unspecified atom stereocenters. The smallest absolute Gasteiger partial charge is 0.335 e. The van der Waals surface area contributed by atoms with Crippen LogP contribution in [0, 0.1) is 5.92 Å². The molecule has 6 N–H and O–H groups in total. The second kappa shape index (κ2) is 41.0. The van der Waals surface area contributed by atoms with E-state index in [2.05, 4.69) is 16.0 Å². The highest BCUT2D eigenvalue weighted by Gasteiger charge is 2.23. The van der Waals surface area contributed by atoms with Crippen LogP contribution in [0.25, 0.3) is 0 Å². The predicted molar refractivity (Wildman–Crippen MR) is 256 cm³/mol. The van der Waals surface area contributed by atoms with Gasteiger partial charge in [0.05, 0.1) is 57.2 Å². The normalized spacial score (nSPS) is 12.4. The highest BCUT2D eigenvalue weighted by Crippen LogP contribution is 2.19. The molecule has 0 heterocycles. The topological polar surface area (TPSA) is 279 Å². The van der Waals surface area contributed by atoms with Crippen molar-refractivity contribution in [1.29, 1.82) is 0 Å². The SMILES string of the molecule is CCC[C@H](NC)C(=O)CC[C@@H](CCCCCC(=O)COCCOCCNC(=O)COCCOCCCC(=O)CC[C@H](NC(=O)CCCCCCCCCOc1ccc(C(=O)O)cc1)C(=O)O)C(=O)O. The van der Waals surface area contributed by atoms with Gasteiger partial charge in [-0.15, -0.1) is 0 Å². The third kappa shape index (κ3) is 34.2. The Hall–Kier alpha value is -4.82. The van der Waals surface area contributed by atoms with Gasteiger partial charge < -0.3 is 55.0 Å². The van der Waals surface area contributed by atoms with Crippen molar-refractivity contribution < 1.29 is 77.4 Å². The van der Waals surface area contributed by atoms with Crippen molar-refractivity contribution in [3.05, 3.63) is 29.8 Å². The van der Waals surface area contributed by atoms with Crippen LogP contribution in [0.3, 0.4) is 0 Å². The van der Waals surface area contributed by atoms with Gasteiger partial charge in [-0.2, -0.15) is 0 Å². The Morgan fingerprint density at radius 3 is 1.78 bits per heavy atom. The highest BCUT2D eigenvalue weighted by atomic mass is 16.5. The van der Waals surface area contributed by atoms with Crippen molar-refractivity contribution >= 4 is 47.1 Å². The molecule has 0 aromatic heterocycles. The van der Waals surface area contributed by atoms with Crippen molar-refractivity contribution in [1.82, 2.24) is 16.0 Å². The molecule has 0 bridgehead atoms. The number of carbonyl (C=O) groups excluding carboxylic acids is 5. The van der Waals surface area contributed by atoms with Gasteiger partial charge in [0.25, 0.3) is 0 Å². The minimum Gasteiger partial charge on any atom is -0.494 e. The number of ether oxygens (including phenoxy) is 5. The summed E-state index contributed by atoms with van der Waals surface area (Å²) in [5.41, 5.74) is 0.213. The Morgan fingerprint density at radius 1 is 0.522 bits per heavy atom. The number of Topliss-reactive ketones (excluding diaryl/α,β-unsaturated/α-hetero) is 3. The van der Waals surface area contributed by atoms with E-state index in [0.717, 1.165) is 51.4 Å². The lowest BCUT2D eigenvalue weighted by molar-refractivity contribution is -0.143. The molecular weight excluding hydrogens is 899 g/mol. The van der Waals surface area contributed by atoms with E-state index in [-0.39, 0.29) is 132 Å². The van der Waals surface area contributed by atoms with Crippen molar-refractivity contribution in [2.75, 3.05) is 73.1 Å². The average Bonchev–Trinajstić information content (AvgIpc) is 3.32. The third-order valence-corrected chi connectivity index (χ3v) is 11.2. The number of carboxylic acid groups (broad SMARTS) is 3. The Kier molecular flexibility index (Phi) is 37.0. The van der Waals surface area contributed by atoms with Gasteiger partial charge >= 0.3 is 17.9 Å². The number of rotatable bonds is 48. The lowest BCUT2D eigenvalue weighted by atomic mass is 9.93. The molecule has 0 saturated heterocycles. The van der Waals surface area contributed by atoms with E-state index in [1.165, 1.54) is 12.1 Å². The number of hydrogen-bond donors (Lipinski definition) is 6. The number of likely N-dealkylation sites (N-methyl/N-ethyl adjacent to an activating group) is 1. The van der Waals surface area contributed by atoms with E-state index < -0.39 is 29.9 Å². The summed E-state index contributed by atoms with van der Waals surface area (Å²) >= 11 is 0. The number of carbonyl (C=O) groups is 8. The first-order valence-corrected chi connectivity index (χ1v) is 24.8. The van der Waals surface area contributed by atoms with E-state index in [1.807, 2.05) is 6.92 Å². The van der Waals surface area contributed by atoms with Crippen LogP contribution in [0.5, 0.6) is 5.75 Å². The van der Waals surface area contributed by atoms with Gasteiger partial charge in [-0.3, -0.25) is 28.8 Å². The summed E-state index contributed by atoms with van der Waals surface area (Å²) in [6.07, 6.45) is 12.2. The summed E-state index contributed by atoms with van der Waals surface area (Å²) in [4.78, 5) is 95.5. The van der Waals surface area contributed by atoms with Gasteiger partial charge in [0.15, 0.2) is 5.78 Å². The third-order valence-electron chi connectivity index (χ3n) is 11.2. The molecule has 1 rings (SSSR count). The van der Waals surface area contributed by atoms with Crippen molar-refractivity contribution in [2.45, 2.75) is 154 Å². The number of nitrogens with one attached hydrogen (secondary N) is 3. The van der Waals surface area contributed by atoms with Gasteiger partial charge in [-0.05, 0) is 82.7 Å². The zero-order valence-corrected chi connectivity index (χ0v) is 41.1. The first kappa shape index (κ1) is 62.2. The molecule has 0 fully saturated rings. The summed E-state index contributed by atoms with van der Waals surface area (Å²) in [5, 5.41) is 36.2. The maximum atomic E-state index is 12.4. The summed E-state index contributed by atoms with van der Waals surface area (Å²) in [6, 6.07) is 4.93. The predicted octanol–water partition coefficient (Wildman–Crippen LogP) is 5.72. The average molecular weight is 980 g/mol. The molecule has 3 atom stereocenters. The Labute approximate surface area is 407 Å². The summed E-state index contributed by atoms with van der Waals surface area (Å²) in [6.45, 7) is 4.00. The molecule has 0 aliphatic rings. The molecule has 19 nitrogen and oxygen atoms in total. The van der Waals surface area contributed by atoms with E-state index in [4.69, 9.17) is 28.8 Å². The fourth-order valence-corrected chi connectivity index (χ4v) is 7.18. The van der Waals surface area contributed by atoms with Gasteiger partial charge in [0.2, 0.25) is 11.8 Å². The van der Waals surface area contributed by atoms with Crippen molar-refractivity contribution in [3.8, 4) is 5.75 Å². The minimum atomic E-state index is -1.18. The quantitative estimate of drug-likeness (QED) is 0.0426. The number of carboxylic acids is 3. The van der Waals surface area contributed by atoms with Crippen LogP contribution < -0.4 is 20.7 Å². The van der Waals surface area contributed by atoms with E-state index in [9.17, 15) is 48.6 Å². The lowest BCUT2D eigenvalue weighted by Gasteiger charge is -2.16. The maximum absolute atomic E-state index is 12.4. The molecule has 0 saturated carbocycles. The molecule has 69 heavy (non-hydrogen) atoms. The Balaban J connectivity index is 1.96. The van der Waals surface area contributed by atoms with Crippen LogP contribution in [-0.4, -0.2) is 148 Å². The van der Waals surface area contributed by atoms with E-state index >= 15 is 0 Å². The van der Waals surface area contributed by atoms with Crippen molar-refractivity contribution in [2.24, 2.45) is 5.92 Å². The van der Waals surface area contributed by atoms with Crippen LogP contribution in [0.15, 0.2) is 24.3 Å². The number of unbranched alkanes of at least 4 members (excludes halogenated alkanes) is 8. The van der Waals surface area contributed by atoms with E-state index in [1.54, 1.807) is 19.2 Å². The van der Waals surface area contributed by atoms with Crippen LogP contribution in [0.1, 0.15) is 152 Å². The number of aromatic carboxylic acids is 1. The molecular formula is C50H81N3O16. The molecule has 392 valence electrons. The van der Waals surface area contributed by atoms with Crippen molar-refractivity contribution in [3.63, 3.8) is 0 Å². The summed E-state index contributed by atoms with van der Waals surface area (Å²) in [5.74, 6) is -3.81. The Bertz CT molecular complexity index is 1630. The zero-order valence-electron chi connectivity index (χ0n) is 41.1. The molecule has 0 spiro atoms. The number of amides is 2. The largest absolute Gasteiger partial charge is 0.494 e.